The van der Waals surface area contributed by atoms with Gasteiger partial charge in [0.2, 0.25) is 11.5 Å². The third-order valence-corrected chi connectivity index (χ3v) is 2.49. The quantitative estimate of drug-likeness (QED) is 0.791. The van der Waals surface area contributed by atoms with E-state index in [4.69, 9.17) is 0 Å². The lowest BCUT2D eigenvalue weighted by molar-refractivity contribution is -0.114. The van der Waals surface area contributed by atoms with Crippen LogP contribution in [0.2, 0.25) is 0 Å². The van der Waals surface area contributed by atoms with Crippen LogP contribution in [0.3, 0.4) is 0 Å². The van der Waals surface area contributed by atoms with Crippen LogP contribution >= 0.6 is 0 Å². The average molecular weight is 271 g/mol. The van der Waals surface area contributed by atoms with Gasteiger partial charge in [0.05, 0.1) is 5.69 Å². The highest BCUT2D eigenvalue weighted by atomic mass is 16.2. The van der Waals surface area contributed by atoms with Gasteiger partial charge >= 0.3 is 0 Å². The van der Waals surface area contributed by atoms with Crippen molar-refractivity contribution in [2.75, 3.05) is 10.6 Å². The van der Waals surface area contributed by atoms with Crippen LogP contribution in [0.5, 0.6) is 0 Å². The van der Waals surface area contributed by atoms with Crippen molar-refractivity contribution in [2.24, 2.45) is 0 Å². The zero-order valence-corrected chi connectivity index (χ0v) is 10.8. The second kappa shape index (κ2) is 5.83. The van der Waals surface area contributed by atoms with Crippen LogP contribution in [0.15, 0.2) is 47.4 Å². The van der Waals surface area contributed by atoms with Gasteiger partial charge in [-0.3, -0.25) is 14.4 Å². The van der Waals surface area contributed by atoms with Crippen LogP contribution in [0, 0.1) is 0 Å². The second-order valence-electron chi connectivity index (χ2n) is 4.16. The summed E-state index contributed by atoms with van der Waals surface area (Å²) in [7, 11) is 0. The van der Waals surface area contributed by atoms with Crippen molar-refractivity contribution in [3.05, 3.63) is 58.5 Å². The highest BCUT2D eigenvalue weighted by Gasteiger charge is 2.07. The molecule has 6 heteroatoms. The highest BCUT2D eigenvalue weighted by molar-refractivity contribution is 6.05. The third kappa shape index (κ3) is 3.55. The molecule has 0 radical (unpaired) electrons. The Kier molecular flexibility index (Phi) is 3.95. The number of carbonyl (C=O) groups excluding carboxylic acids is 2. The molecule has 0 bridgehead atoms. The van der Waals surface area contributed by atoms with Gasteiger partial charge in [-0.25, -0.2) is 0 Å². The zero-order chi connectivity index (χ0) is 14.5. The van der Waals surface area contributed by atoms with Gasteiger partial charge in [0.25, 0.3) is 5.91 Å². The first-order chi connectivity index (χ1) is 9.54. The molecule has 6 nitrogen and oxygen atoms in total. The lowest BCUT2D eigenvalue weighted by Crippen LogP contribution is -2.14. The van der Waals surface area contributed by atoms with Crippen LogP contribution in [0.25, 0.3) is 0 Å². The molecule has 20 heavy (non-hydrogen) atoms. The van der Waals surface area contributed by atoms with Crippen molar-refractivity contribution in [1.82, 2.24) is 4.98 Å². The summed E-state index contributed by atoms with van der Waals surface area (Å²) < 4.78 is 0. The summed E-state index contributed by atoms with van der Waals surface area (Å²) in [5.41, 5.74) is 1.20. The van der Waals surface area contributed by atoms with E-state index < -0.39 is 0 Å². The molecular formula is C14H13N3O3. The van der Waals surface area contributed by atoms with E-state index in [1.54, 1.807) is 24.3 Å². The van der Waals surface area contributed by atoms with Crippen LogP contribution < -0.4 is 16.2 Å². The molecule has 0 aliphatic rings. The number of aromatic amines is 1. The molecule has 0 aliphatic heterocycles. The summed E-state index contributed by atoms with van der Waals surface area (Å²) in [6.07, 6.45) is 1.41. The lowest BCUT2D eigenvalue weighted by atomic mass is 10.2. The Hall–Kier alpha value is -2.89. The van der Waals surface area contributed by atoms with Crippen molar-refractivity contribution in [3.8, 4) is 0 Å². The summed E-state index contributed by atoms with van der Waals surface area (Å²) >= 11 is 0. The number of amides is 2. The molecule has 0 saturated heterocycles. The SMILES string of the molecule is CC(=O)Nc1cccc(C(=O)Nc2ccc(=O)[nH]c2)c1. The van der Waals surface area contributed by atoms with E-state index >= 15 is 0 Å². The maximum absolute atomic E-state index is 12.0. The van der Waals surface area contributed by atoms with Crippen LogP contribution in [-0.4, -0.2) is 16.8 Å². The molecular weight excluding hydrogens is 258 g/mol. The molecule has 0 unspecified atom stereocenters. The number of aromatic nitrogens is 1. The minimum atomic E-state index is -0.329. The first kappa shape index (κ1) is 13.5. The minimum Gasteiger partial charge on any atom is -0.327 e. The van der Waals surface area contributed by atoms with Gasteiger partial charge in [-0.05, 0) is 24.3 Å². The Morgan fingerprint density at radius 3 is 2.50 bits per heavy atom. The molecule has 102 valence electrons. The molecule has 0 fully saturated rings. The van der Waals surface area contributed by atoms with E-state index in [2.05, 4.69) is 15.6 Å². The predicted molar refractivity (Wildman–Crippen MR) is 75.8 cm³/mol. The van der Waals surface area contributed by atoms with Gasteiger partial charge in [-0.2, -0.15) is 0 Å². The highest BCUT2D eigenvalue weighted by Crippen LogP contribution is 2.12. The van der Waals surface area contributed by atoms with Gasteiger partial charge in [0.1, 0.15) is 0 Å². The molecule has 3 N–H and O–H groups in total. The predicted octanol–water partition coefficient (Wildman–Crippen LogP) is 1.59. The molecule has 0 atom stereocenters. The van der Waals surface area contributed by atoms with Gasteiger partial charge < -0.3 is 15.6 Å². The molecule has 1 aromatic heterocycles. The smallest absolute Gasteiger partial charge is 0.255 e. The van der Waals surface area contributed by atoms with Gasteiger partial charge in [0.15, 0.2) is 0 Å². The lowest BCUT2D eigenvalue weighted by Gasteiger charge is -2.07. The fourth-order valence-electron chi connectivity index (χ4n) is 1.63. The van der Waals surface area contributed by atoms with E-state index in [0.29, 0.717) is 16.9 Å². The number of hydrogen-bond donors (Lipinski definition) is 3. The Balaban J connectivity index is 2.14. The van der Waals surface area contributed by atoms with E-state index in [9.17, 15) is 14.4 Å². The van der Waals surface area contributed by atoms with Crippen LogP contribution in [-0.2, 0) is 4.79 Å². The largest absolute Gasteiger partial charge is 0.327 e. The normalized spacial score (nSPS) is 9.85. The van der Waals surface area contributed by atoms with Crippen molar-refractivity contribution < 1.29 is 9.59 Å². The minimum absolute atomic E-state index is 0.205. The van der Waals surface area contributed by atoms with Crippen molar-refractivity contribution >= 4 is 23.2 Å². The second-order valence-corrected chi connectivity index (χ2v) is 4.16. The van der Waals surface area contributed by atoms with Gasteiger partial charge in [-0.1, -0.05) is 6.07 Å². The number of rotatable bonds is 3. The maximum atomic E-state index is 12.0. The standard InChI is InChI=1S/C14H13N3O3/c1-9(18)16-11-4-2-3-10(7-11)14(20)17-12-5-6-13(19)15-8-12/h2-8H,1H3,(H,15,19)(H,16,18)(H,17,20). The topological polar surface area (TPSA) is 91.1 Å². The Bertz CT molecular complexity index is 686. The fraction of sp³-hybridized carbons (Fsp3) is 0.0714. The van der Waals surface area contributed by atoms with Gasteiger partial charge in [-0.15, -0.1) is 0 Å². The number of nitrogens with one attached hydrogen (secondary N) is 3. The Morgan fingerprint density at radius 1 is 1.05 bits per heavy atom. The fourth-order valence-corrected chi connectivity index (χ4v) is 1.63. The van der Waals surface area contributed by atoms with E-state index in [1.165, 1.54) is 25.3 Å². The summed E-state index contributed by atoms with van der Waals surface area (Å²) in [6.45, 7) is 1.40. The van der Waals surface area contributed by atoms with E-state index in [-0.39, 0.29) is 17.4 Å². The maximum Gasteiger partial charge on any atom is 0.255 e. The molecule has 0 spiro atoms. The molecule has 2 aromatic rings. The summed E-state index contributed by atoms with van der Waals surface area (Å²) in [5.74, 6) is -0.535. The third-order valence-electron chi connectivity index (χ3n) is 2.49. The Morgan fingerprint density at radius 2 is 1.85 bits per heavy atom. The first-order valence-electron chi connectivity index (χ1n) is 5.92. The van der Waals surface area contributed by atoms with Crippen LogP contribution in [0.1, 0.15) is 17.3 Å². The molecule has 0 aliphatic carbocycles. The molecule has 0 saturated carbocycles. The number of carbonyl (C=O) groups is 2. The molecule has 1 heterocycles. The van der Waals surface area contributed by atoms with Crippen molar-refractivity contribution in [2.45, 2.75) is 6.92 Å². The summed E-state index contributed by atoms with van der Waals surface area (Å²) in [4.78, 5) is 36.4. The van der Waals surface area contributed by atoms with Crippen molar-refractivity contribution in [1.29, 1.82) is 0 Å². The van der Waals surface area contributed by atoms with Gasteiger partial charge in [0, 0.05) is 30.4 Å². The van der Waals surface area contributed by atoms with Crippen LogP contribution in [0.4, 0.5) is 11.4 Å². The molecule has 2 amide bonds. The van der Waals surface area contributed by atoms with E-state index in [1.807, 2.05) is 0 Å². The zero-order valence-electron chi connectivity index (χ0n) is 10.8. The summed E-state index contributed by atoms with van der Waals surface area (Å²) in [6, 6.07) is 9.40. The number of H-pyrrole nitrogens is 1. The molecule has 2 rings (SSSR count). The summed E-state index contributed by atoms with van der Waals surface area (Å²) in [5, 5.41) is 5.25. The average Bonchev–Trinajstić information content (AvgIpc) is 2.41. The number of anilines is 2. The van der Waals surface area contributed by atoms with E-state index in [0.717, 1.165) is 0 Å². The first-order valence-corrected chi connectivity index (χ1v) is 5.92. The molecule has 1 aromatic carbocycles. The number of hydrogen-bond acceptors (Lipinski definition) is 3. The number of benzene rings is 1. The Labute approximate surface area is 114 Å². The monoisotopic (exact) mass is 271 g/mol. The number of pyridine rings is 1. The van der Waals surface area contributed by atoms with Crippen molar-refractivity contribution in [3.63, 3.8) is 0 Å².